The summed E-state index contributed by atoms with van der Waals surface area (Å²) in [6, 6.07) is 0. The lowest BCUT2D eigenvalue weighted by molar-refractivity contribution is -0.133. The number of carbonyl (C=O) groups is 1. The van der Waals surface area contributed by atoms with Gasteiger partial charge in [-0.2, -0.15) is 0 Å². The summed E-state index contributed by atoms with van der Waals surface area (Å²) in [6.07, 6.45) is 3.78. The van der Waals surface area contributed by atoms with Gasteiger partial charge in [0.15, 0.2) is 0 Å². The molecule has 1 unspecified atom stereocenters. The Balaban J connectivity index is 1.91. The average molecular weight is 185 g/mol. The van der Waals surface area contributed by atoms with Gasteiger partial charge in [-0.05, 0) is 32.1 Å². The molecule has 1 amide bonds. The fourth-order valence-electron chi connectivity index (χ4n) is 1.88. The Labute approximate surface area is 78.1 Å². The van der Waals surface area contributed by atoms with Crippen molar-refractivity contribution in [2.45, 2.75) is 38.3 Å². The van der Waals surface area contributed by atoms with Crippen LogP contribution in [-0.4, -0.2) is 30.1 Å². The van der Waals surface area contributed by atoms with Crippen molar-refractivity contribution in [3.63, 3.8) is 0 Å². The highest BCUT2D eigenvalue weighted by atomic mass is 19.1. The molecule has 0 bridgehead atoms. The largest absolute Gasteiger partial charge is 0.340 e. The van der Waals surface area contributed by atoms with E-state index in [1.807, 2.05) is 0 Å². The number of carbonyl (C=O) groups excluding carboxylic acids is 1. The highest BCUT2D eigenvalue weighted by Gasteiger charge is 2.34. The Kier molecular flexibility index (Phi) is 2.51. The first-order chi connectivity index (χ1) is 6.27. The molecule has 0 spiro atoms. The van der Waals surface area contributed by atoms with E-state index in [1.165, 1.54) is 0 Å². The second-order valence-electron chi connectivity index (χ2n) is 4.15. The molecule has 2 rings (SSSR count). The second kappa shape index (κ2) is 3.64. The summed E-state index contributed by atoms with van der Waals surface area (Å²) < 4.78 is 13.1. The van der Waals surface area contributed by atoms with E-state index in [0.717, 1.165) is 32.2 Å². The van der Waals surface area contributed by atoms with Gasteiger partial charge in [0.25, 0.3) is 0 Å². The topological polar surface area (TPSA) is 20.3 Å². The lowest BCUT2D eigenvalue weighted by Crippen LogP contribution is -2.36. The number of hydrogen-bond acceptors (Lipinski definition) is 1. The Hall–Kier alpha value is -0.600. The number of halogens is 1. The molecule has 1 saturated heterocycles. The van der Waals surface area contributed by atoms with Crippen LogP contribution in [0.25, 0.3) is 0 Å². The molecule has 0 aromatic heterocycles. The molecule has 2 fully saturated rings. The maximum atomic E-state index is 13.1. The fraction of sp³-hybridized carbons (Fsp3) is 0.900. The van der Waals surface area contributed by atoms with Gasteiger partial charge in [-0.25, -0.2) is 4.39 Å². The third kappa shape index (κ3) is 2.20. The number of hydrogen-bond donors (Lipinski definition) is 0. The van der Waals surface area contributed by atoms with Gasteiger partial charge in [-0.15, -0.1) is 0 Å². The van der Waals surface area contributed by atoms with E-state index in [2.05, 4.69) is 0 Å². The van der Waals surface area contributed by atoms with Crippen molar-refractivity contribution in [2.24, 2.45) is 5.92 Å². The number of rotatable bonds is 1. The Morgan fingerprint density at radius 1 is 1.23 bits per heavy atom. The van der Waals surface area contributed by atoms with Crippen molar-refractivity contribution in [1.82, 2.24) is 4.90 Å². The highest BCUT2D eigenvalue weighted by molar-refractivity contribution is 5.81. The first-order valence-electron chi connectivity index (χ1n) is 5.20. The molecule has 1 heterocycles. The third-order valence-corrected chi connectivity index (χ3v) is 2.85. The van der Waals surface area contributed by atoms with Crippen molar-refractivity contribution in [2.75, 3.05) is 13.1 Å². The van der Waals surface area contributed by atoms with Crippen molar-refractivity contribution in [3.05, 3.63) is 0 Å². The van der Waals surface area contributed by atoms with E-state index in [4.69, 9.17) is 0 Å². The lowest BCUT2D eigenvalue weighted by atomic mass is 10.2. The minimum Gasteiger partial charge on any atom is -0.340 e. The molecule has 0 radical (unpaired) electrons. The van der Waals surface area contributed by atoms with Crippen LogP contribution in [0.2, 0.25) is 0 Å². The van der Waals surface area contributed by atoms with Gasteiger partial charge in [0.1, 0.15) is 6.17 Å². The van der Waals surface area contributed by atoms with Crippen molar-refractivity contribution < 1.29 is 9.18 Å². The number of likely N-dealkylation sites (tertiary alicyclic amines) is 1. The van der Waals surface area contributed by atoms with E-state index in [9.17, 15) is 9.18 Å². The monoisotopic (exact) mass is 185 g/mol. The highest BCUT2D eigenvalue weighted by Crippen LogP contribution is 2.31. The van der Waals surface area contributed by atoms with E-state index < -0.39 is 6.17 Å². The van der Waals surface area contributed by atoms with Crippen molar-refractivity contribution >= 4 is 5.91 Å². The molecule has 0 N–H and O–H groups in total. The zero-order valence-corrected chi connectivity index (χ0v) is 7.84. The predicted molar refractivity (Wildman–Crippen MR) is 48.1 cm³/mol. The van der Waals surface area contributed by atoms with Gasteiger partial charge >= 0.3 is 0 Å². The van der Waals surface area contributed by atoms with E-state index >= 15 is 0 Å². The molecule has 0 aromatic carbocycles. The Bertz CT molecular complexity index is 203. The quantitative estimate of drug-likeness (QED) is 0.609. The summed E-state index contributed by atoms with van der Waals surface area (Å²) in [7, 11) is 0. The summed E-state index contributed by atoms with van der Waals surface area (Å²) >= 11 is 0. The lowest BCUT2D eigenvalue weighted by Gasteiger charge is -2.21. The summed E-state index contributed by atoms with van der Waals surface area (Å²) in [5.41, 5.74) is 0. The van der Waals surface area contributed by atoms with Crippen LogP contribution in [0.5, 0.6) is 0 Å². The number of nitrogens with zero attached hydrogens (tertiary/aromatic N) is 1. The van der Waals surface area contributed by atoms with Crippen molar-refractivity contribution in [3.8, 4) is 0 Å². The molecular weight excluding hydrogens is 169 g/mol. The number of amides is 1. The first kappa shape index (κ1) is 8.97. The van der Waals surface area contributed by atoms with Gasteiger partial charge in [0.05, 0.1) is 6.54 Å². The van der Waals surface area contributed by atoms with E-state index in [-0.39, 0.29) is 11.8 Å². The minimum absolute atomic E-state index is 0.199. The predicted octanol–water partition coefficient (Wildman–Crippen LogP) is 1.75. The van der Waals surface area contributed by atoms with E-state index in [1.54, 1.807) is 4.90 Å². The van der Waals surface area contributed by atoms with Crippen LogP contribution in [0.15, 0.2) is 0 Å². The van der Waals surface area contributed by atoms with Crippen LogP contribution in [0.1, 0.15) is 32.1 Å². The molecule has 3 heteroatoms. The average Bonchev–Trinajstić information content (AvgIpc) is 2.88. The summed E-state index contributed by atoms with van der Waals surface area (Å²) in [5, 5.41) is 0. The number of alkyl halides is 1. The fourth-order valence-corrected chi connectivity index (χ4v) is 1.88. The van der Waals surface area contributed by atoms with Crippen LogP contribution in [-0.2, 0) is 4.79 Å². The summed E-state index contributed by atoms with van der Waals surface area (Å²) in [4.78, 5) is 13.3. The molecule has 74 valence electrons. The van der Waals surface area contributed by atoms with Gasteiger partial charge in [-0.1, -0.05) is 0 Å². The molecule has 1 atom stereocenters. The van der Waals surface area contributed by atoms with Crippen LogP contribution >= 0.6 is 0 Å². The third-order valence-electron chi connectivity index (χ3n) is 2.85. The zero-order chi connectivity index (χ0) is 9.26. The van der Waals surface area contributed by atoms with Crippen molar-refractivity contribution in [1.29, 1.82) is 0 Å². The maximum Gasteiger partial charge on any atom is 0.225 e. The molecular formula is C10H16FNO. The Morgan fingerprint density at radius 3 is 2.69 bits per heavy atom. The molecule has 2 aliphatic rings. The minimum atomic E-state index is -0.787. The van der Waals surface area contributed by atoms with Crippen LogP contribution in [0, 0.1) is 5.92 Å². The molecule has 13 heavy (non-hydrogen) atoms. The Morgan fingerprint density at radius 2 is 2.00 bits per heavy atom. The summed E-state index contributed by atoms with van der Waals surface area (Å²) in [6.45, 7) is 1.12. The molecule has 1 aliphatic carbocycles. The van der Waals surface area contributed by atoms with Crippen LogP contribution in [0.3, 0.4) is 0 Å². The van der Waals surface area contributed by atoms with E-state index in [0.29, 0.717) is 13.0 Å². The normalized spacial score (nSPS) is 29.9. The van der Waals surface area contributed by atoms with Gasteiger partial charge < -0.3 is 4.90 Å². The molecule has 1 saturated carbocycles. The van der Waals surface area contributed by atoms with Gasteiger partial charge in [0, 0.05) is 12.5 Å². The second-order valence-corrected chi connectivity index (χ2v) is 4.15. The van der Waals surface area contributed by atoms with Gasteiger partial charge in [0.2, 0.25) is 5.91 Å². The van der Waals surface area contributed by atoms with Gasteiger partial charge in [-0.3, -0.25) is 4.79 Å². The van der Waals surface area contributed by atoms with Crippen LogP contribution < -0.4 is 0 Å². The summed E-state index contributed by atoms with van der Waals surface area (Å²) in [5.74, 6) is 0.440. The molecule has 1 aliphatic heterocycles. The molecule has 0 aromatic rings. The smallest absolute Gasteiger partial charge is 0.225 e. The maximum absolute atomic E-state index is 13.1. The zero-order valence-electron chi connectivity index (χ0n) is 7.84. The first-order valence-corrected chi connectivity index (χ1v) is 5.20. The van der Waals surface area contributed by atoms with Crippen LogP contribution in [0.4, 0.5) is 4.39 Å². The SMILES string of the molecule is O=C(C1CC1)N1CCCCC(F)C1. The standard InChI is InChI=1S/C10H16FNO/c11-9-3-1-2-6-12(7-9)10(13)8-4-5-8/h8-9H,1-7H2. The molecule has 2 nitrogen and oxygen atoms in total.